The molecule has 9 nitrogen and oxygen atoms in total. The molecule has 0 radical (unpaired) electrons. The van der Waals surface area contributed by atoms with Crippen LogP contribution in [0.15, 0.2) is 30.3 Å². The van der Waals surface area contributed by atoms with Crippen LogP contribution in [0.4, 0.5) is 27.8 Å². The van der Waals surface area contributed by atoms with Crippen molar-refractivity contribution >= 4 is 29.0 Å². The second-order valence-electron chi connectivity index (χ2n) is 9.29. The maximum absolute atomic E-state index is 12.3. The predicted molar refractivity (Wildman–Crippen MR) is 138 cm³/mol. The van der Waals surface area contributed by atoms with Crippen molar-refractivity contribution in [2.24, 2.45) is 0 Å². The molecular formula is C25H38N8O. The Morgan fingerprint density at radius 1 is 0.971 bits per heavy atom. The lowest BCUT2D eigenvalue weighted by atomic mass is 10.2. The summed E-state index contributed by atoms with van der Waals surface area (Å²) < 4.78 is 0. The first-order chi connectivity index (χ1) is 16.5. The molecule has 0 bridgehead atoms. The number of urea groups is 1. The van der Waals surface area contributed by atoms with Gasteiger partial charge in [0.1, 0.15) is 17.5 Å². The molecule has 0 atom stereocenters. The van der Waals surface area contributed by atoms with Crippen LogP contribution in [0.25, 0.3) is 0 Å². The Morgan fingerprint density at radius 3 is 2.53 bits per heavy atom. The van der Waals surface area contributed by atoms with Crippen molar-refractivity contribution in [2.45, 2.75) is 32.6 Å². The van der Waals surface area contributed by atoms with Crippen molar-refractivity contribution in [3.8, 4) is 0 Å². The number of anilines is 4. The number of piperazine rings is 1. The van der Waals surface area contributed by atoms with E-state index in [1.807, 2.05) is 37.3 Å². The zero-order valence-corrected chi connectivity index (χ0v) is 20.5. The lowest BCUT2D eigenvalue weighted by Crippen LogP contribution is -2.44. The number of likely N-dealkylation sites (N-methyl/N-ethyl adjacent to an activating group) is 1. The summed E-state index contributed by atoms with van der Waals surface area (Å²) in [5.41, 5.74) is 1.61. The van der Waals surface area contributed by atoms with Gasteiger partial charge in [0.2, 0.25) is 0 Å². The third kappa shape index (κ3) is 7.30. The van der Waals surface area contributed by atoms with E-state index in [-0.39, 0.29) is 6.03 Å². The van der Waals surface area contributed by atoms with Gasteiger partial charge in [-0.15, -0.1) is 0 Å². The molecule has 2 amide bonds. The summed E-state index contributed by atoms with van der Waals surface area (Å²) in [6.45, 7) is 10.2. The number of hydrogen-bond donors (Lipinski definition) is 3. The highest BCUT2D eigenvalue weighted by Gasteiger charge is 2.17. The van der Waals surface area contributed by atoms with Gasteiger partial charge >= 0.3 is 6.03 Å². The second kappa shape index (κ2) is 12.0. The van der Waals surface area contributed by atoms with Gasteiger partial charge in [-0.2, -0.15) is 0 Å². The van der Waals surface area contributed by atoms with Crippen LogP contribution in [-0.4, -0.2) is 85.2 Å². The summed E-state index contributed by atoms with van der Waals surface area (Å²) in [5.74, 6) is 2.43. The molecule has 2 aliphatic heterocycles. The lowest BCUT2D eigenvalue weighted by Gasteiger charge is -2.33. The number of aromatic nitrogens is 2. The quantitative estimate of drug-likeness (QED) is 0.489. The van der Waals surface area contributed by atoms with E-state index in [9.17, 15) is 4.79 Å². The highest BCUT2D eigenvalue weighted by atomic mass is 16.2. The summed E-state index contributed by atoms with van der Waals surface area (Å²) in [7, 11) is 2.15. The fourth-order valence-corrected chi connectivity index (χ4v) is 4.48. The highest BCUT2D eigenvalue weighted by Crippen LogP contribution is 2.23. The van der Waals surface area contributed by atoms with Crippen LogP contribution in [0.3, 0.4) is 0 Å². The highest BCUT2D eigenvalue weighted by molar-refractivity contribution is 5.89. The van der Waals surface area contributed by atoms with E-state index in [2.05, 4.69) is 47.7 Å². The first kappa shape index (κ1) is 24.2. The second-order valence-corrected chi connectivity index (χ2v) is 9.29. The van der Waals surface area contributed by atoms with Gasteiger partial charge in [0, 0.05) is 50.2 Å². The Bertz CT molecular complexity index is 938. The minimum Gasteiger partial charge on any atom is -0.354 e. The molecule has 34 heavy (non-hydrogen) atoms. The maximum Gasteiger partial charge on any atom is 0.319 e. The molecule has 1 aromatic carbocycles. The van der Waals surface area contributed by atoms with Gasteiger partial charge in [-0.25, -0.2) is 14.8 Å². The first-order valence-corrected chi connectivity index (χ1v) is 12.5. The number of likely N-dealkylation sites (tertiary alicyclic amines) is 1. The molecule has 4 rings (SSSR count). The van der Waals surface area contributed by atoms with Gasteiger partial charge in [-0.1, -0.05) is 6.07 Å². The van der Waals surface area contributed by atoms with Crippen molar-refractivity contribution in [1.82, 2.24) is 25.1 Å². The summed E-state index contributed by atoms with van der Waals surface area (Å²) in [5, 5.41) is 9.26. The predicted octanol–water partition coefficient (Wildman–Crippen LogP) is 3.28. The van der Waals surface area contributed by atoms with E-state index in [0.717, 1.165) is 74.4 Å². The Labute approximate surface area is 202 Å². The fourth-order valence-electron chi connectivity index (χ4n) is 4.48. The Kier molecular flexibility index (Phi) is 8.54. The number of unbranched alkanes of at least 4 members (excludes halogenated alkanes) is 1. The molecular weight excluding hydrogens is 428 g/mol. The summed E-state index contributed by atoms with van der Waals surface area (Å²) in [6.07, 6.45) is 4.76. The third-order valence-electron chi connectivity index (χ3n) is 6.43. The normalized spacial score (nSPS) is 17.1. The number of amides is 2. The molecule has 3 heterocycles. The third-order valence-corrected chi connectivity index (χ3v) is 6.43. The summed E-state index contributed by atoms with van der Waals surface area (Å²) in [4.78, 5) is 28.6. The maximum atomic E-state index is 12.3. The van der Waals surface area contributed by atoms with Crippen molar-refractivity contribution in [3.05, 3.63) is 36.2 Å². The zero-order chi connectivity index (χ0) is 23.8. The largest absolute Gasteiger partial charge is 0.354 e. The average Bonchev–Trinajstić information content (AvgIpc) is 3.33. The monoisotopic (exact) mass is 466 g/mol. The van der Waals surface area contributed by atoms with Crippen LogP contribution in [0.2, 0.25) is 0 Å². The van der Waals surface area contributed by atoms with E-state index >= 15 is 0 Å². The van der Waals surface area contributed by atoms with Gasteiger partial charge in [-0.3, -0.25) is 0 Å². The number of hydrogen-bond acceptors (Lipinski definition) is 7. The van der Waals surface area contributed by atoms with E-state index in [0.29, 0.717) is 6.54 Å². The topological polar surface area (TPSA) is 88.7 Å². The van der Waals surface area contributed by atoms with Crippen LogP contribution in [0, 0.1) is 6.92 Å². The van der Waals surface area contributed by atoms with Crippen LogP contribution < -0.4 is 20.9 Å². The molecule has 2 saturated heterocycles. The van der Waals surface area contributed by atoms with Crippen molar-refractivity contribution in [3.63, 3.8) is 0 Å². The van der Waals surface area contributed by atoms with Crippen LogP contribution in [0.1, 0.15) is 31.5 Å². The smallest absolute Gasteiger partial charge is 0.319 e. The first-order valence-electron chi connectivity index (χ1n) is 12.5. The van der Waals surface area contributed by atoms with E-state index < -0.39 is 0 Å². The SMILES string of the molecule is Cc1nc(Nc2cccc(NC(=O)NCCCCN3CCCC3)c2)cc(N2CCN(C)CC2)n1. The molecule has 2 aliphatic rings. The molecule has 2 aromatic rings. The Morgan fingerprint density at radius 2 is 1.74 bits per heavy atom. The lowest BCUT2D eigenvalue weighted by molar-refractivity contribution is 0.251. The molecule has 1 aromatic heterocycles. The molecule has 0 spiro atoms. The Hall–Kier alpha value is -2.91. The molecule has 184 valence electrons. The van der Waals surface area contributed by atoms with E-state index in [1.54, 1.807) is 0 Å². The van der Waals surface area contributed by atoms with Crippen molar-refractivity contribution < 1.29 is 4.79 Å². The number of nitrogens with zero attached hydrogens (tertiary/aromatic N) is 5. The van der Waals surface area contributed by atoms with E-state index in [1.165, 1.54) is 25.9 Å². The van der Waals surface area contributed by atoms with E-state index in [4.69, 9.17) is 0 Å². The standard InChI is InChI=1S/C25H38N8O/c1-20-27-23(19-24(28-20)33-16-14-31(2)15-17-33)29-21-8-7-9-22(18-21)30-25(34)26-10-3-4-11-32-12-5-6-13-32/h7-9,18-19H,3-6,10-17H2,1-2H3,(H2,26,30,34)(H,27,28,29). The Balaban J connectivity index is 1.26. The number of carbonyl (C=O) groups is 1. The molecule has 0 aliphatic carbocycles. The van der Waals surface area contributed by atoms with Crippen molar-refractivity contribution in [2.75, 3.05) is 74.9 Å². The van der Waals surface area contributed by atoms with Gasteiger partial charge in [0.25, 0.3) is 0 Å². The average molecular weight is 467 g/mol. The molecule has 3 N–H and O–H groups in total. The van der Waals surface area contributed by atoms with Gasteiger partial charge < -0.3 is 30.7 Å². The van der Waals surface area contributed by atoms with Crippen LogP contribution in [0.5, 0.6) is 0 Å². The number of rotatable bonds is 9. The zero-order valence-electron chi connectivity index (χ0n) is 20.5. The number of benzene rings is 1. The summed E-state index contributed by atoms with van der Waals surface area (Å²) >= 11 is 0. The van der Waals surface area contributed by atoms with Gasteiger partial charge in [0.15, 0.2) is 0 Å². The summed E-state index contributed by atoms with van der Waals surface area (Å²) in [6, 6.07) is 9.51. The number of aryl methyl sites for hydroxylation is 1. The minimum absolute atomic E-state index is 0.173. The number of nitrogens with one attached hydrogen (secondary N) is 3. The molecule has 0 unspecified atom stereocenters. The molecule has 2 fully saturated rings. The van der Waals surface area contributed by atoms with Gasteiger partial charge in [-0.05, 0) is 77.5 Å². The molecule has 0 saturated carbocycles. The van der Waals surface area contributed by atoms with Crippen LogP contribution >= 0.6 is 0 Å². The van der Waals surface area contributed by atoms with Gasteiger partial charge in [0.05, 0.1) is 0 Å². The fraction of sp³-hybridized carbons (Fsp3) is 0.560. The molecule has 9 heteroatoms. The van der Waals surface area contributed by atoms with Crippen LogP contribution in [-0.2, 0) is 0 Å². The number of carbonyl (C=O) groups excluding carboxylic acids is 1. The minimum atomic E-state index is -0.173. The van der Waals surface area contributed by atoms with Crippen molar-refractivity contribution in [1.29, 1.82) is 0 Å².